The number of nitro benzene ring substituents is 1. The Morgan fingerprint density at radius 2 is 1.54 bits per heavy atom. The lowest BCUT2D eigenvalue weighted by atomic mass is 9.91. The molecule has 2 atom stereocenters. The molecule has 3 fully saturated rings. The molecule has 0 saturated carbocycles. The zero-order valence-corrected chi connectivity index (χ0v) is 28.7. The number of carbonyl (C=O) groups is 3. The summed E-state index contributed by atoms with van der Waals surface area (Å²) < 4.78 is 28.8. The van der Waals surface area contributed by atoms with E-state index in [1.54, 1.807) is 9.80 Å². The Balaban J connectivity index is 1.49. The number of likely N-dealkylation sites (N-methyl/N-ethyl adjacent to an activating group) is 1. The first-order valence-corrected chi connectivity index (χ1v) is 18.0. The summed E-state index contributed by atoms with van der Waals surface area (Å²) in [5.41, 5.74) is -0.540. The second-order valence-electron chi connectivity index (χ2n) is 13.8. The molecule has 0 radical (unpaired) electrons. The van der Waals surface area contributed by atoms with Gasteiger partial charge < -0.3 is 19.6 Å². The van der Waals surface area contributed by atoms with Crippen LogP contribution in [0, 0.1) is 27.9 Å². The van der Waals surface area contributed by atoms with Crippen LogP contribution in [0.1, 0.15) is 59.8 Å². The normalized spacial score (nSPS) is 21.7. The lowest BCUT2D eigenvalue weighted by Crippen LogP contribution is -2.64. The van der Waals surface area contributed by atoms with Crippen LogP contribution in [0.25, 0.3) is 0 Å². The minimum absolute atomic E-state index is 0.00636. The lowest BCUT2D eigenvalue weighted by molar-refractivity contribution is -0.387. The number of hydrogen-bond acceptors (Lipinski definition) is 8. The van der Waals surface area contributed by atoms with Gasteiger partial charge in [0.05, 0.1) is 4.92 Å². The Morgan fingerprint density at radius 3 is 2.13 bits per heavy atom. The predicted molar refractivity (Wildman–Crippen MR) is 173 cm³/mol. The van der Waals surface area contributed by atoms with Gasteiger partial charge in [-0.05, 0) is 56.6 Å². The van der Waals surface area contributed by atoms with E-state index in [9.17, 15) is 32.9 Å². The number of nitrogens with zero attached hydrogens (tertiary/aromatic N) is 6. The molecule has 3 aliphatic rings. The van der Waals surface area contributed by atoms with Crippen molar-refractivity contribution < 1.29 is 27.7 Å². The largest absolute Gasteiger partial charge is 0.341 e. The van der Waals surface area contributed by atoms with Crippen molar-refractivity contribution >= 4 is 33.4 Å². The monoisotopic (exact) mass is 662 g/mol. The van der Waals surface area contributed by atoms with Crippen LogP contribution < -0.4 is 0 Å². The summed E-state index contributed by atoms with van der Waals surface area (Å²) in [4.78, 5) is 59.2. The van der Waals surface area contributed by atoms with E-state index in [1.807, 2.05) is 32.6 Å². The number of benzene rings is 1. The minimum Gasteiger partial charge on any atom is -0.341 e. The van der Waals surface area contributed by atoms with E-state index < -0.39 is 43.5 Å². The fourth-order valence-corrected chi connectivity index (χ4v) is 8.55. The highest BCUT2D eigenvalue weighted by Crippen LogP contribution is 2.33. The summed E-state index contributed by atoms with van der Waals surface area (Å²) in [5, 5.41) is 11.7. The number of amides is 3. The second-order valence-corrected chi connectivity index (χ2v) is 15.7. The molecule has 46 heavy (non-hydrogen) atoms. The van der Waals surface area contributed by atoms with Crippen LogP contribution >= 0.6 is 0 Å². The van der Waals surface area contributed by atoms with E-state index in [0.717, 1.165) is 36.6 Å². The molecule has 13 nitrogen and oxygen atoms in total. The average Bonchev–Trinajstić information content (AvgIpc) is 3.01. The van der Waals surface area contributed by atoms with E-state index >= 15 is 0 Å². The van der Waals surface area contributed by atoms with Gasteiger partial charge in [-0.3, -0.25) is 24.5 Å². The van der Waals surface area contributed by atoms with Gasteiger partial charge in [0.1, 0.15) is 12.1 Å². The molecule has 1 aromatic rings. The molecular weight excluding hydrogens is 612 g/mol. The molecule has 1 unspecified atom stereocenters. The third-order valence-electron chi connectivity index (χ3n) is 9.42. The highest BCUT2D eigenvalue weighted by atomic mass is 32.2. The van der Waals surface area contributed by atoms with Gasteiger partial charge in [-0.15, -0.1) is 0 Å². The van der Waals surface area contributed by atoms with Crippen LogP contribution in [0.5, 0.6) is 0 Å². The van der Waals surface area contributed by atoms with E-state index in [0.29, 0.717) is 38.8 Å². The third kappa shape index (κ3) is 8.24. The summed E-state index contributed by atoms with van der Waals surface area (Å²) in [6, 6.07) is 3.34. The molecular formula is C32H50N6O7S. The maximum atomic E-state index is 14.2. The molecule has 256 valence electrons. The number of piperazine rings is 2. The van der Waals surface area contributed by atoms with Crippen molar-refractivity contribution in [3.8, 4) is 0 Å². The summed E-state index contributed by atoms with van der Waals surface area (Å²) in [7, 11) is -2.33. The van der Waals surface area contributed by atoms with Crippen LogP contribution in [0.15, 0.2) is 29.2 Å². The van der Waals surface area contributed by atoms with Crippen LogP contribution in [0.4, 0.5) is 5.69 Å². The van der Waals surface area contributed by atoms with E-state index in [1.165, 1.54) is 18.2 Å². The van der Waals surface area contributed by atoms with E-state index in [2.05, 4.69) is 11.9 Å². The number of carbonyl (C=O) groups excluding carboxylic acids is 3. The molecule has 0 N–H and O–H groups in total. The Kier molecular flexibility index (Phi) is 11.8. The van der Waals surface area contributed by atoms with Crippen LogP contribution in [0.2, 0.25) is 0 Å². The van der Waals surface area contributed by atoms with Crippen molar-refractivity contribution in [2.75, 3.05) is 59.4 Å². The van der Waals surface area contributed by atoms with Gasteiger partial charge in [0.2, 0.25) is 17.7 Å². The molecule has 3 aliphatic heterocycles. The molecule has 3 saturated heterocycles. The third-order valence-corrected chi connectivity index (χ3v) is 11.4. The Bertz CT molecular complexity index is 1370. The maximum Gasteiger partial charge on any atom is 0.289 e. The van der Waals surface area contributed by atoms with Crippen molar-refractivity contribution in [3.05, 3.63) is 34.4 Å². The predicted octanol–water partition coefficient (Wildman–Crippen LogP) is 2.66. The molecule has 0 spiro atoms. The molecule has 1 aromatic carbocycles. The number of rotatable bonds is 11. The van der Waals surface area contributed by atoms with Gasteiger partial charge >= 0.3 is 0 Å². The highest BCUT2D eigenvalue weighted by Gasteiger charge is 2.47. The van der Waals surface area contributed by atoms with Crippen molar-refractivity contribution in [1.82, 2.24) is 23.9 Å². The number of para-hydroxylation sites is 1. The summed E-state index contributed by atoms with van der Waals surface area (Å²) in [6.07, 6.45) is 2.55. The van der Waals surface area contributed by atoms with E-state index in [4.69, 9.17) is 0 Å². The topological polar surface area (TPSA) is 145 Å². The number of nitro groups is 1. The smallest absolute Gasteiger partial charge is 0.289 e. The Labute approximate surface area is 273 Å². The zero-order valence-electron chi connectivity index (χ0n) is 27.8. The van der Waals surface area contributed by atoms with Crippen molar-refractivity contribution in [2.45, 2.75) is 76.8 Å². The van der Waals surface area contributed by atoms with E-state index in [-0.39, 0.29) is 49.1 Å². The molecule has 0 aliphatic carbocycles. The van der Waals surface area contributed by atoms with Gasteiger partial charge in [0.15, 0.2) is 4.90 Å². The van der Waals surface area contributed by atoms with Crippen LogP contribution in [-0.2, 0) is 24.4 Å². The van der Waals surface area contributed by atoms with Gasteiger partial charge in [0, 0.05) is 64.8 Å². The number of hydrogen-bond donors (Lipinski definition) is 0. The second kappa shape index (κ2) is 15.2. The van der Waals surface area contributed by atoms with Crippen molar-refractivity contribution in [3.63, 3.8) is 0 Å². The van der Waals surface area contributed by atoms with Crippen LogP contribution in [0.3, 0.4) is 0 Å². The molecule has 14 heteroatoms. The summed E-state index contributed by atoms with van der Waals surface area (Å²) >= 11 is 0. The van der Waals surface area contributed by atoms with Gasteiger partial charge in [0.25, 0.3) is 15.7 Å². The quantitative estimate of drug-likeness (QED) is 0.260. The number of sulfonamides is 1. The van der Waals surface area contributed by atoms with Gasteiger partial charge in [-0.1, -0.05) is 39.8 Å². The van der Waals surface area contributed by atoms with Gasteiger partial charge in [-0.2, -0.15) is 4.31 Å². The molecule has 4 rings (SSSR count). The fraction of sp³-hybridized carbons (Fsp3) is 0.719. The first kappa shape index (κ1) is 35.7. The van der Waals surface area contributed by atoms with Crippen molar-refractivity contribution in [1.29, 1.82) is 0 Å². The number of likely N-dealkylation sites (tertiary alicyclic amines) is 1. The SMILES string of the molecule is CC(C)CC(C(=O)N1CCC(CC(=O)N2CCN(C)CC2)CC1)N1CCN(S(=O)(=O)c2ccccc2[N+](=O)[O-])[C@@H](CC(C)C)C1=O. The van der Waals surface area contributed by atoms with Gasteiger partial charge in [-0.25, -0.2) is 8.42 Å². The molecule has 3 amide bonds. The van der Waals surface area contributed by atoms with Crippen LogP contribution in [-0.4, -0.2) is 126 Å². The average molecular weight is 663 g/mol. The number of piperidine rings is 1. The fourth-order valence-electron chi connectivity index (χ4n) is 6.81. The first-order valence-electron chi connectivity index (χ1n) is 16.5. The minimum atomic E-state index is -4.39. The maximum absolute atomic E-state index is 14.2. The molecule has 3 heterocycles. The summed E-state index contributed by atoms with van der Waals surface area (Å²) in [5.74, 6) is -0.182. The Morgan fingerprint density at radius 1 is 0.913 bits per heavy atom. The molecule has 0 bridgehead atoms. The lowest BCUT2D eigenvalue weighted by Gasteiger charge is -2.45. The standard InChI is InChI=1S/C32H50N6O7S/c1-23(2)20-27(31(40)35-12-10-25(11-13-35)22-30(39)34-16-14-33(5)15-17-34)36-18-19-37(28(32(36)41)21-24(3)4)46(44,45)29-9-7-6-8-26(29)38(42)43/h6-9,23-25,27-28H,10-22H2,1-5H3/t27?,28-/m0/s1. The summed E-state index contributed by atoms with van der Waals surface area (Å²) in [6.45, 7) is 11.9. The van der Waals surface area contributed by atoms with Crippen molar-refractivity contribution in [2.24, 2.45) is 17.8 Å². The molecule has 0 aromatic heterocycles. The zero-order chi connectivity index (χ0) is 33.8. The first-order chi connectivity index (χ1) is 21.7. The Hall–Kier alpha value is -3.10. The highest BCUT2D eigenvalue weighted by molar-refractivity contribution is 7.89.